The Morgan fingerprint density at radius 1 is 0.800 bits per heavy atom. The van der Waals surface area contributed by atoms with Crippen LogP contribution in [0.5, 0.6) is 0 Å². The van der Waals surface area contributed by atoms with Gasteiger partial charge in [-0.05, 0) is 72.1 Å². The van der Waals surface area contributed by atoms with E-state index in [0.29, 0.717) is 21.2 Å². The van der Waals surface area contributed by atoms with Crippen LogP contribution in [0.2, 0.25) is 10.0 Å². The number of nitrogens with zero attached hydrogens (tertiary/aromatic N) is 2. The van der Waals surface area contributed by atoms with Crippen molar-refractivity contribution in [3.63, 3.8) is 0 Å². The van der Waals surface area contributed by atoms with Crippen LogP contribution in [0.1, 0.15) is 28.8 Å². The van der Waals surface area contributed by atoms with E-state index >= 15 is 0 Å². The van der Waals surface area contributed by atoms with E-state index in [1.165, 1.54) is 40.1 Å². The van der Waals surface area contributed by atoms with Crippen LogP contribution >= 0.6 is 23.2 Å². The van der Waals surface area contributed by atoms with Gasteiger partial charge >= 0.3 is 0 Å². The quantitative estimate of drug-likeness (QED) is 0.319. The van der Waals surface area contributed by atoms with E-state index in [2.05, 4.69) is 0 Å². The van der Waals surface area contributed by atoms with Crippen molar-refractivity contribution in [1.82, 2.24) is 4.57 Å². The summed E-state index contributed by atoms with van der Waals surface area (Å²) in [5.41, 5.74) is 1.26. The summed E-state index contributed by atoms with van der Waals surface area (Å²) in [7, 11) is -4.22. The van der Waals surface area contributed by atoms with E-state index in [9.17, 15) is 17.6 Å². The molecule has 0 saturated carbocycles. The molecular weight excluding hydrogens is 510 g/mol. The van der Waals surface area contributed by atoms with Gasteiger partial charge < -0.3 is 0 Å². The predicted molar refractivity (Wildman–Crippen MR) is 135 cm³/mol. The largest absolute Gasteiger partial charge is 0.284 e. The summed E-state index contributed by atoms with van der Waals surface area (Å²) in [6, 6.07) is 20.3. The number of rotatable bonds is 4. The van der Waals surface area contributed by atoms with Gasteiger partial charge in [0.15, 0.2) is 0 Å². The molecule has 0 bridgehead atoms. The molecular formula is C26H19Cl2FN2O3S. The Balaban J connectivity index is 1.82. The summed E-state index contributed by atoms with van der Waals surface area (Å²) in [5, 5.41) is 1.01. The predicted octanol–water partition coefficient (Wildman–Crippen LogP) is 6.14. The first kappa shape index (κ1) is 23.6. The zero-order chi connectivity index (χ0) is 24.9. The van der Waals surface area contributed by atoms with Gasteiger partial charge in [-0.3, -0.25) is 9.36 Å². The van der Waals surface area contributed by atoms with Crippen molar-refractivity contribution in [3.8, 4) is 0 Å². The van der Waals surface area contributed by atoms with E-state index in [1.807, 2.05) is 0 Å². The average Bonchev–Trinajstić information content (AvgIpc) is 3.17. The normalized spacial score (nSPS) is 17.4. The molecule has 0 amide bonds. The number of hydrogen-bond donors (Lipinski definition) is 0. The van der Waals surface area contributed by atoms with E-state index in [1.54, 1.807) is 54.6 Å². The van der Waals surface area contributed by atoms with Gasteiger partial charge in [-0.15, -0.1) is 0 Å². The number of sulfonamides is 1. The highest BCUT2D eigenvalue weighted by Gasteiger charge is 2.47. The van der Waals surface area contributed by atoms with Crippen molar-refractivity contribution in [2.75, 3.05) is 4.31 Å². The molecule has 0 N–H and O–H groups in total. The van der Waals surface area contributed by atoms with Crippen LogP contribution in [0.4, 0.5) is 10.2 Å². The second-order valence-electron chi connectivity index (χ2n) is 8.30. The molecule has 0 aliphatic carbocycles. The number of halogens is 3. The minimum atomic E-state index is -4.22. The van der Waals surface area contributed by atoms with Crippen molar-refractivity contribution in [3.05, 3.63) is 128 Å². The molecule has 0 spiro atoms. The molecule has 1 aromatic heterocycles. The topological polar surface area (TPSA) is 59.4 Å². The molecule has 2 heterocycles. The van der Waals surface area contributed by atoms with E-state index in [0.717, 1.165) is 6.07 Å². The second kappa shape index (κ2) is 8.82. The Morgan fingerprint density at radius 3 is 1.94 bits per heavy atom. The zero-order valence-electron chi connectivity index (χ0n) is 18.4. The van der Waals surface area contributed by atoms with Crippen molar-refractivity contribution in [2.45, 2.75) is 23.9 Å². The third-order valence-corrected chi connectivity index (χ3v) is 8.57. The Kier molecular flexibility index (Phi) is 5.95. The summed E-state index contributed by atoms with van der Waals surface area (Å²) in [4.78, 5) is 13.1. The molecule has 5 rings (SSSR count). The zero-order valence-corrected chi connectivity index (χ0v) is 20.7. The summed E-state index contributed by atoms with van der Waals surface area (Å²) >= 11 is 12.2. The van der Waals surface area contributed by atoms with Crippen LogP contribution in [-0.2, 0) is 10.0 Å². The van der Waals surface area contributed by atoms with Crippen molar-refractivity contribution < 1.29 is 12.8 Å². The number of hydrogen-bond acceptors (Lipinski definition) is 3. The minimum Gasteiger partial charge on any atom is -0.284 e. The number of pyridine rings is 1. The van der Waals surface area contributed by atoms with Gasteiger partial charge in [-0.25, -0.2) is 17.1 Å². The molecule has 35 heavy (non-hydrogen) atoms. The third kappa shape index (κ3) is 4.03. The molecule has 1 aliphatic rings. The summed E-state index contributed by atoms with van der Waals surface area (Å²) in [5.74, 6) is -0.325. The van der Waals surface area contributed by atoms with Crippen LogP contribution in [0.25, 0.3) is 0 Å². The molecule has 178 valence electrons. The maximum Gasteiger partial charge on any atom is 0.266 e. The van der Waals surface area contributed by atoms with Crippen LogP contribution in [0, 0.1) is 12.7 Å². The van der Waals surface area contributed by atoms with Crippen LogP contribution in [0.3, 0.4) is 0 Å². The number of benzene rings is 3. The Morgan fingerprint density at radius 2 is 1.37 bits per heavy atom. The smallest absolute Gasteiger partial charge is 0.266 e. The van der Waals surface area contributed by atoms with Crippen LogP contribution in [0.15, 0.2) is 94.6 Å². The first-order valence-electron chi connectivity index (χ1n) is 10.7. The molecule has 5 nitrogen and oxygen atoms in total. The number of anilines is 1. The molecule has 2 atom stereocenters. The van der Waals surface area contributed by atoms with Crippen LogP contribution < -0.4 is 9.86 Å². The Labute approximate surface area is 212 Å². The van der Waals surface area contributed by atoms with Gasteiger partial charge in [0, 0.05) is 16.1 Å². The lowest BCUT2D eigenvalue weighted by atomic mass is 9.94. The summed E-state index contributed by atoms with van der Waals surface area (Å²) in [6.07, 6.45) is 0. The molecule has 0 saturated heterocycles. The molecule has 4 aromatic rings. The van der Waals surface area contributed by atoms with E-state index in [4.69, 9.17) is 23.2 Å². The van der Waals surface area contributed by atoms with Gasteiger partial charge in [-0.2, -0.15) is 0 Å². The van der Waals surface area contributed by atoms with Gasteiger partial charge in [0.05, 0.1) is 17.0 Å². The lowest BCUT2D eigenvalue weighted by Crippen LogP contribution is -2.34. The standard InChI is InChI=1S/C26H19Cl2FN2O3S/c1-16-15-21(29)13-14-22(16)35(33,34)31-23-3-2-4-24(32)30(23)25(17-5-9-19(27)10-6-17)26(31)18-7-11-20(28)12-8-18/h2-15,25-26H,1H3/t25-,26+/m0/s1. The van der Waals surface area contributed by atoms with Gasteiger partial charge in [0.2, 0.25) is 0 Å². The van der Waals surface area contributed by atoms with Crippen molar-refractivity contribution in [2.24, 2.45) is 0 Å². The fourth-order valence-corrected chi connectivity index (χ4v) is 6.71. The summed E-state index contributed by atoms with van der Waals surface area (Å²) < 4.78 is 44.9. The summed E-state index contributed by atoms with van der Waals surface area (Å²) in [6.45, 7) is 1.54. The lowest BCUT2D eigenvalue weighted by molar-refractivity contribution is 0.529. The Bertz CT molecular complexity index is 1590. The first-order chi connectivity index (χ1) is 16.7. The molecule has 1 aliphatic heterocycles. The third-order valence-electron chi connectivity index (χ3n) is 6.12. The first-order valence-corrected chi connectivity index (χ1v) is 12.9. The highest BCUT2D eigenvalue weighted by Crippen LogP contribution is 2.49. The van der Waals surface area contributed by atoms with Crippen LogP contribution in [-0.4, -0.2) is 13.0 Å². The maximum atomic E-state index is 14.2. The SMILES string of the molecule is Cc1cc(F)ccc1S(=O)(=O)N1c2cccc(=O)n2[C@@H](c2ccc(Cl)cc2)[C@H]1c1ccc(Cl)cc1. The maximum absolute atomic E-state index is 14.2. The number of fused-ring (bicyclic) bond motifs is 1. The highest BCUT2D eigenvalue weighted by atomic mass is 35.5. The van der Waals surface area contributed by atoms with Gasteiger partial charge in [0.1, 0.15) is 11.6 Å². The van der Waals surface area contributed by atoms with Gasteiger partial charge in [0.25, 0.3) is 15.6 Å². The molecule has 0 unspecified atom stereocenters. The molecule has 9 heteroatoms. The minimum absolute atomic E-state index is 0.0440. The Hall–Kier alpha value is -3.13. The average molecular weight is 529 g/mol. The van der Waals surface area contributed by atoms with Crippen molar-refractivity contribution in [1.29, 1.82) is 0 Å². The molecule has 0 radical (unpaired) electrons. The van der Waals surface area contributed by atoms with E-state index < -0.39 is 27.9 Å². The van der Waals surface area contributed by atoms with Gasteiger partial charge in [-0.1, -0.05) is 53.5 Å². The number of aromatic nitrogens is 1. The number of aryl methyl sites for hydroxylation is 1. The van der Waals surface area contributed by atoms with E-state index in [-0.39, 0.29) is 21.8 Å². The fourth-order valence-electron chi connectivity index (χ4n) is 4.61. The lowest BCUT2D eigenvalue weighted by Gasteiger charge is -2.29. The molecule has 0 fully saturated rings. The highest BCUT2D eigenvalue weighted by molar-refractivity contribution is 7.93. The fraction of sp³-hybridized carbons (Fsp3) is 0.115. The van der Waals surface area contributed by atoms with Crippen molar-refractivity contribution >= 4 is 39.0 Å². The monoisotopic (exact) mass is 528 g/mol. The molecule has 3 aromatic carbocycles. The second-order valence-corrected chi connectivity index (χ2v) is 11.0.